The highest BCUT2D eigenvalue weighted by molar-refractivity contribution is 5.94. The largest absolute Gasteiger partial charge is 0.505 e. The molecule has 1 fully saturated rings. The SMILES string of the molecule is O=C(c1ccc(O)c(F)c1)N1CCCC2(CCc3c2nc(-c2cccnc2)[nH]c3=O)C1. The topological polar surface area (TPSA) is 99.2 Å². The lowest BCUT2D eigenvalue weighted by molar-refractivity contribution is 0.0633. The Kier molecular flexibility index (Phi) is 4.57. The van der Waals surface area contributed by atoms with E-state index >= 15 is 0 Å². The maximum Gasteiger partial charge on any atom is 0.254 e. The molecule has 1 aliphatic heterocycles. The van der Waals surface area contributed by atoms with Crippen LogP contribution in [0.5, 0.6) is 5.75 Å². The minimum absolute atomic E-state index is 0.148. The first-order valence-electron chi connectivity index (χ1n) is 10.3. The molecule has 8 heteroatoms. The fourth-order valence-electron chi connectivity index (χ4n) is 4.82. The third kappa shape index (κ3) is 3.28. The number of piperidine rings is 1. The van der Waals surface area contributed by atoms with Crippen molar-refractivity contribution in [3.8, 4) is 17.1 Å². The monoisotopic (exact) mass is 420 g/mol. The predicted molar refractivity (Wildman–Crippen MR) is 111 cm³/mol. The normalized spacial score (nSPS) is 20.1. The molecule has 1 amide bonds. The number of amides is 1. The first kappa shape index (κ1) is 19.4. The van der Waals surface area contributed by atoms with E-state index in [0.29, 0.717) is 30.9 Å². The van der Waals surface area contributed by atoms with Crippen LogP contribution in [0.15, 0.2) is 47.5 Å². The van der Waals surface area contributed by atoms with Crippen molar-refractivity contribution >= 4 is 5.91 Å². The summed E-state index contributed by atoms with van der Waals surface area (Å²) in [6.45, 7) is 0.974. The van der Waals surface area contributed by atoms with Crippen LogP contribution in [0.4, 0.5) is 4.39 Å². The molecule has 3 heterocycles. The number of phenols is 1. The zero-order valence-electron chi connectivity index (χ0n) is 16.8. The van der Waals surface area contributed by atoms with Crippen LogP contribution < -0.4 is 5.56 Å². The number of likely N-dealkylation sites (tertiary alicyclic amines) is 1. The Morgan fingerprint density at radius 3 is 2.90 bits per heavy atom. The van der Waals surface area contributed by atoms with Gasteiger partial charge in [-0.15, -0.1) is 0 Å². The zero-order chi connectivity index (χ0) is 21.6. The van der Waals surface area contributed by atoms with Crippen molar-refractivity contribution in [2.75, 3.05) is 13.1 Å². The van der Waals surface area contributed by atoms with Crippen molar-refractivity contribution in [2.45, 2.75) is 31.1 Å². The molecule has 2 N–H and O–H groups in total. The highest BCUT2D eigenvalue weighted by Crippen LogP contribution is 2.43. The van der Waals surface area contributed by atoms with E-state index in [1.54, 1.807) is 23.4 Å². The number of rotatable bonds is 2. The van der Waals surface area contributed by atoms with Crippen LogP contribution in [0.2, 0.25) is 0 Å². The number of aromatic nitrogens is 3. The number of carbonyl (C=O) groups is 1. The molecular formula is C23H21FN4O3. The molecule has 2 aliphatic rings. The van der Waals surface area contributed by atoms with Gasteiger partial charge >= 0.3 is 0 Å². The van der Waals surface area contributed by atoms with Gasteiger partial charge in [-0.25, -0.2) is 9.37 Å². The number of hydrogen-bond donors (Lipinski definition) is 2. The lowest BCUT2D eigenvalue weighted by Gasteiger charge is -2.40. The molecule has 1 aromatic carbocycles. The van der Waals surface area contributed by atoms with Crippen molar-refractivity contribution in [3.05, 3.63) is 75.7 Å². The van der Waals surface area contributed by atoms with Crippen LogP contribution in [0.3, 0.4) is 0 Å². The van der Waals surface area contributed by atoms with Gasteiger partial charge in [0.15, 0.2) is 11.6 Å². The van der Waals surface area contributed by atoms with Crippen LogP contribution in [0, 0.1) is 5.82 Å². The summed E-state index contributed by atoms with van der Waals surface area (Å²) in [4.78, 5) is 39.3. The summed E-state index contributed by atoms with van der Waals surface area (Å²) in [6.07, 6.45) is 6.26. The molecule has 158 valence electrons. The second-order valence-corrected chi connectivity index (χ2v) is 8.26. The fourth-order valence-corrected chi connectivity index (χ4v) is 4.82. The zero-order valence-corrected chi connectivity index (χ0v) is 16.8. The van der Waals surface area contributed by atoms with Crippen LogP contribution in [-0.4, -0.2) is 44.0 Å². The van der Waals surface area contributed by atoms with E-state index < -0.39 is 17.0 Å². The van der Waals surface area contributed by atoms with Crippen LogP contribution in [0.1, 0.15) is 40.9 Å². The van der Waals surface area contributed by atoms with E-state index in [4.69, 9.17) is 4.98 Å². The Morgan fingerprint density at radius 1 is 1.26 bits per heavy atom. The van der Waals surface area contributed by atoms with E-state index in [1.807, 2.05) is 6.07 Å². The lowest BCUT2D eigenvalue weighted by atomic mass is 9.77. The second-order valence-electron chi connectivity index (χ2n) is 8.26. The summed E-state index contributed by atoms with van der Waals surface area (Å²) in [5.74, 6) is -1.12. The summed E-state index contributed by atoms with van der Waals surface area (Å²) >= 11 is 0. The van der Waals surface area contributed by atoms with Gasteiger partial charge in [-0.3, -0.25) is 14.6 Å². The van der Waals surface area contributed by atoms with Gasteiger partial charge in [0.25, 0.3) is 11.5 Å². The maximum absolute atomic E-state index is 13.8. The quantitative estimate of drug-likeness (QED) is 0.664. The molecule has 1 saturated heterocycles. The number of halogens is 1. The van der Waals surface area contributed by atoms with Gasteiger partial charge in [-0.1, -0.05) is 0 Å². The molecule has 1 spiro atoms. The number of carbonyl (C=O) groups excluding carboxylic acids is 1. The standard InChI is InChI=1S/C23H21FN4O3/c24-17-11-14(4-5-18(17)29)22(31)28-10-2-7-23(13-28)8-6-16-19(23)26-20(27-21(16)30)15-3-1-9-25-12-15/h1,3-5,9,11-12,29H,2,6-8,10,13H2,(H,26,27,30). The van der Waals surface area contributed by atoms with E-state index in [1.165, 1.54) is 12.1 Å². The molecule has 31 heavy (non-hydrogen) atoms. The van der Waals surface area contributed by atoms with Gasteiger partial charge in [0.2, 0.25) is 0 Å². The van der Waals surface area contributed by atoms with E-state index in [-0.39, 0.29) is 17.0 Å². The summed E-state index contributed by atoms with van der Waals surface area (Å²) < 4.78 is 13.8. The molecule has 7 nitrogen and oxygen atoms in total. The number of nitrogens with one attached hydrogen (secondary N) is 1. The number of aromatic hydroxyl groups is 1. The highest BCUT2D eigenvalue weighted by Gasteiger charge is 2.45. The lowest BCUT2D eigenvalue weighted by Crippen LogP contribution is -2.48. The molecule has 1 aliphatic carbocycles. The van der Waals surface area contributed by atoms with Crippen LogP contribution in [-0.2, 0) is 11.8 Å². The van der Waals surface area contributed by atoms with E-state index in [0.717, 1.165) is 36.6 Å². The molecule has 1 atom stereocenters. The second kappa shape index (κ2) is 7.30. The van der Waals surface area contributed by atoms with Crippen molar-refractivity contribution in [1.29, 1.82) is 0 Å². The molecule has 0 radical (unpaired) electrons. The molecule has 3 aromatic rings. The number of pyridine rings is 1. The molecule has 2 aromatic heterocycles. The van der Waals surface area contributed by atoms with Crippen LogP contribution >= 0.6 is 0 Å². The Morgan fingerprint density at radius 2 is 2.13 bits per heavy atom. The summed E-state index contributed by atoms with van der Waals surface area (Å²) in [5.41, 5.74) is 1.81. The van der Waals surface area contributed by atoms with Crippen molar-refractivity contribution in [3.63, 3.8) is 0 Å². The first-order valence-corrected chi connectivity index (χ1v) is 10.3. The molecular weight excluding hydrogens is 399 g/mol. The number of hydrogen-bond acceptors (Lipinski definition) is 5. The molecule has 0 bridgehead atoms. The molecule has 5 rings (SSSR count). The number of benzene rings is 1. The minimum Gasteiger partial charge on any atom is -0.505 e. The van der Waals surface area contributed by atoms with Crippen molar-refractivity contribution in [1.82, 2.24) is 19.9 Å². The van der Waals surface area contributed by atoms with Crippen LogP contribution in [0.25, 0.3) is 11.4 Å². The average molecular weight is 420 g/mol. The van der Waals surface area contributed by atoms with Crippen molar-refractivity contribution in [2.24, 2.45) is 0 Å². The molecule has 0 saturated carbocycles. The van der Waals surface area contributed by atoms with Gasteiger partial charge in [0, 0.05) is 47.6 Å². The number of H-pyrrole nitrogens is 1. The van der Waals surface area contributed by atoms with Gasteiger partial charge in [-0.05, 0) is 56.0 Å². The Balaban J connectivity index is 1.50. The Hall–Kier alpha value is -3.55. The summed E-state index contributed by atoms with van der Waals surface area (Å²) in [5, 5.41) is 9.41. The van der Waals surface area contributed by atoms with Gasteiger partial charge < -0.3 is 15.0 Å². The first-order chi connectivity index (χ1) is 15.0. The maximum atomic E-state index is 13.8. The fraction of sp³-hybridized carbons (Fsp3) is 0.304. The number of fused-ring (bicyclic) bond motifs is 2. The average Bonchev–Trinajstić information content (AvgIpc) is 3.14. The number of aromatic amines is 1. The van der Waals surface area contributed by atoms with Gasteiger partial charge in [-0.2, -0.15) is 0 Å². The van der Waals surface area contributed by atoms with Crippen molar-refractivity contribution < 1.29 is 14.3 Å². The number of phenolic OH excluding ortho intramolecular Hbond substituents is 1. The summed E-state index contributed by atoms with van der Waals surface area (Å²) in [6, 6.07) is 7.30. The molecule has 1 unspecified atom stereocenters. The summed E-state index contributed by atoms with van der Waals surface area (Å²) in [7, 11) is 0. The minimum atomic E-state index is -0.821. The van der Waals surface area contributed by atoms with E-state index in [2.05, 4.69) is 9.97 Å². The third-order valence-corrected chi connectivity index (χ3v) is 6.37. The predicted octanol–water partition coefficient (Wildman–Crippen LogP) is 2.80. The Bertz CT molecular complexity index is 1230. The van der Waals surface area contributed by atoms with E-state index in [9.17, 15) is 19.1 Å². The van der Waals surface area contributed by atoms with Gasteiger partial charge in [0.05, 0.1) is 5.69 Å². The number of nitrogens with zero attached hydrogens (tertiary/aromatic N) is 3. The van der Waals surface area contributed by atoms with Gasteiger partial charge in [0.1, 0.15) is 5.82 Å². The highest BCUT2D eigenvalue weighted by atomic mass is 19.1. The smallest absolute Gasteiger partial charge is 0.254 e. The third-order valence-electron chi connectivity index (χ3n) is 6.37. The Labute approximate surface area is 177 Å².